The average Bonchev–Trinajstić information content (AvgIpc) is 2.34. The van der Waals surface area contributed by atoms with Crippen LogP contribution in [0.1, 0.15) is 44.6 Å². The number of nitrogens with zero attached hydrogens (tertiary/aromatic N) is 1. The van der Waals surface area contributed by atoms with Gasteiger partial charge in [-0.3, -0.25) is 0 Å². The van der Waals surface area contributed by atoms with Crippen LogP contribution in [0.25, 0.3) is 0 Å². The van der Waals surface area contributed by atoms with Crippen molar-refractivity contribution in [2.75, 3.05) is 5.32 Å². The van der Waals surface area contributed by atoms with Crippen molar-refractivity contribution in [3.8, 4) is 0 Å². The van der Waals surface area contributed by atoms with E-state index in [4.69, 9.17) is 11.6 Å². The normalized spacial score (nSPS) is 19.0. The van der Waals surface area contributed by atoms with E-state index in [2.05, 4.69) is 24.1 Å². The van der Waals surface area contributed by atoms with Crippen molar-refractivity contribution in [2.24, 2.45) is 5.92 Å². The zero-order valence-electron chi connectivity index (χ0n) is 10.7. The van der Waals surface area contributed by atoms with E-state index in [1.54, 1.807) is 0 Å². The smallest absolute Gasteiger partial charge is 0.129 e. The van der Waals surface area contributed by atoms with Crippen LogP contribution in [0, 0.1) is 12.8 Å². The second kappa shape index (κ2) is 5.72. The van der Waals surface area contributed by atoms with E-state index in [1.807, 2.05) is 12.3 Å². The fourth-order valence-corrected chi connectivity index (χ4v) is 2.88. The molecule has 17 heavy (non-hydrogen) atoms. The van der Waals surface area contributed by atoms with Crippen LogP contribution in [0.3, 0.4) is 0 Å². The Morgan fingerprint density at radius 2 is 2.06 bits per heavy atom. The summed E-state index contributed by atoms with van der Waals surface area (Å²) in [6.07, 6.45) is 8.73. The molecule has 0 aromatic carbocycles. The van der Waals surface area contributed by atoms with Gasteiger partial charge in [-0.2, -0.15) is 0 Å². The van der Waals surface area contributed by atoms with E-state index in [1.165, 1.54) is 37.7 Å². The third kappa shape index (κ3) is 3.35. The van der Waals surface area contributed by atoms with E-state index in [-0.39, 0.29) is 0 Å². The number of aromatic nitrogens is 1. The number of nitrogens with one attached hydrogen (secondary N) is 1. The molecule has 0 saturated heterocycles. The molecule has 94 valence electrons. The second-order valence-corrected chi connectivity index (χ2v) is 5.54. The molecule has 1 fully saturated rings. The molecule has 2 nitrogen and oxygen atoms in total. The molecule has 0 bridgehead atoms. The predicted octanol–water partition coefficient (Wildman–Crippen LogP) is 4.42. The number of aryl methyl sites for hydroxylation is 1. The van der Waals surface area contributed by atoms with E-state index in [0.717, 1.165) is 11.6 Å². The third-order valence-corrected chi connectivity index (χ3v) is 4.02. The molecular formula is C14H21ClN2. The van der Waals surface area contributed by atoms with Crippen molar-refractivity contribution in [3.63, 3.8) is 0 Å². The summed E-state index contributed by atoms with van der Waals surface area (Å²) in [6, 6.07) is 2.44. The van der Waals surface area contributed by atoms with Crippen molar-refractivity contribution in [2.45, 2.75) is 52.0 Å². The Labute approximate surface area is 109 Å². The van der Waals surface area contributed by atoms with Crippen molar-refractivity contribution in [3.05, 3.63) is 23.0 Å². The van der Waals surface area contributed by atoms with Gasteiger partial charge in [-0.05, 0) is 44.2 Å². The zero-order valence-corrected chi connectivity index (χ0v) is 11.4. The van der Waals surface area contributed by atoms with Crippen LogP contribution in [0.5, 0.6) is 0 Å². The fraction of sp³-hybridized carbons (Fsp3) is 0.643. The van der Waals surface area contributed by atoms with Gasteiger partial charge in [0.25, 0.3) is 0 Å². The summed E-state index contributed by atoms with van der Waals surface area (Å²) in [4.78, 5) is 4.14. The number of rotatable bonds is 3. The standard InChI is InChI=1S/C14H21ClN2/c1-10-8-14(15)16-9-13(10)17-11(2)12-6-4-3-5-7-12/h8-9,11-12,17H,3-7H2,1-2H3. The molecule has 1 heterocycles. The van der Waals surface area contributed by atoms with E-state index in [0.29, 0.717) is 11.2 Å². The summed E-state index contributed by atoms with van der Waals surface area (Å²) < 4.78 is 0. The van der Waals surface area contributed by atoms with Gasteiger partial charge >= 0.3 is 0 Å². The molecule has 1 aliphatic carbocycles. The Kier molecular flexibility index (Phi) is 4.27. The van der Waals surface area contributed by atoms with Gasteiger partial charge in [0.1, 0.15) is 5.15 Å². The Morgan fingerprint density at radius 3 is 2.71 bits per heavy atom. The highest BCUT2D eigenvalue weighted by Gasteiger charge is 2.20. The van der Waals surface area contributed by atoms with Gasteiger partial charge in [0.05, 0.1) is 11.9 Å². The summed E-state index contributed by atoms with van der Waals surface area (Å²) in [5, 5.41) is 4.15. The van der Waals surface area contributed by atoms with Gasteiger partial charge in [-0.1, -0.05) is 30.9 Å². The van der Waals surface area contributed by atoms with Crippen LogP contribution in [0.2, 0.25) is 5.15 Å². The maximum absolute atomic E-state index is 5.86. The first-order valence-corrected chi connectivity index (χ1v) is 6.93. The predicted molar refractivity (Wildman–Crippen MR) is 73.6 cm³/mol. The summed E-state index contributed by atoms with van der Waals surface area (Å²) in [7, 11) is 0. The lowest BCUT2D eigenvalue weighted by Gasteiger charge is -2.29. The lowest BCUT2D eigenvalue weighted by molar-refractivity contribution is 0.328. The number of anilines is 1. The fourth-order valence-electron chi connectivity index (χ4n) is 2.67. The minimum absolute atomic E-state index is 0.525. The minimum Gasteiger partial charge on any atom is -0.381 e. The highest BCUT2D eigenvalue weighted by molar-refractivity contribution is 6.29. The first-order chi connectivity index (χ1) is 8.16. The molecule has 2 rings (SSSR count). The molecule has 0 aliphatic heterocycles. The Balaban J connectivity index is 1.99. The Hall–Kier alpha value is -0.760. The molecule has 1 aliphatic rings. The van der Waals surface area contributed by atoms with Gasteiger partial charge in [0.2, 0.25) is 0 Å². The van der Waals surface area contributed by atoms with Crippen molar-refractivity contribution >= 4 is 17.3 Å². The largest absolute Gasteiger partial charge is 0.381 e. The molecule has 1 atom stereocenters. The van der Waals surface area contributed by atoms with Crippen LogP contribution in [-0.4, -0.2) is 11.0 Å². The maximum atomic E-state index is 5.86. The molecule has 3 heteroatoms. The highest BCUT2D eigenvalue weighted by Crippen LogP contribution is 2.28. The Morgan fingerprint density at radius 1 is 1.35 bits per heavy atom. The minimum atomic E-state index is 0.525. The molecule has 1 aromatic heterocycles. The van der Waals surface area contributed by atoms with Gasteiger partial charge in [0, 0.05) is 6.04 Å². The van der Waals surface area contributed by atoms with Crippen molar-refractivity contribution in [1.29, 1.82) is 0 Å². The molecule has 0 amide bonds. The second-order valence-electron chi connectivity index (χ2n) is 5.15. The monoisotopic (exact) mass is 252 g/mol. The topological polar surface area (TPSA) is 24.9 Å². The summed E-state index contributed by atoms with van der Waals surface area (Å²) >= 11 is 5.86. The lowest BCUT2D eigenvalue weighted by atomic mass is 9.84. The van der Waals surface area contributed by atoms with Gasteiger partial charge in [-0.25, -0.2) is 4.98 Å². The number of pyridine rings is 1. The molecule has 0 radical (unpaired) electrons. The first kappa shape index (κ1) is 12.7. The number of hydrogen-bond donors (Lipinski definition) is 1. The quantitative estimate of drug-likeness (QED) is 0.806. The van der Waals surface area contributed by atoms with Crippen LogP contribution < -0.4 is 5.32 Å². The molecule has 1 saturated carbocycles. The number of hydrogen-bond acceptors (Lipinski definition) is 2. The molecule has 1 unspecified atom stereocenters. The summed E-state index contributed by atoms with van der Waals surface area (Å²) in [5.74, 6) is 0.804. The van der Waals surface area contributed by atoms with Gasteiger partial charge in [-0.15, -0.1) is 0 Å². The molecular weight excluding hydrogens is 232 g/mol. The molecule has 1 aromatic rings. The van der Waals surface area contributed by atoms with Crippen molar-refractivity contribution in [1.82, 2.24) is 4.98 Å². The van der Waals surface area contributed by atoms with Gasteiger partial charge < -0.3 is 5.32 Å². The highest BCUT2D eigenvalue weighted by atomic mass is 35.5. The van der Waals surface area contributed by atoms with Crippen LogP contribution in [-0.2, 0) is 0 Å². The zero-order chi connectivity index (χ0) is 12.3. The molecule has 0 spiro atoms. The van der Waals surface area contributed by atoms with Gasteiger partial charge in [0.15, 0.2) is 0 Å². The lowest BCUT2D eigenvalue weighted by Crippen LogP contribution is -2.28. The maximum Gasteiger partial charge on any atom is 0.129 e. The first-order valence-electron chi connectivity index (χ1n) is 6.55. The van der Waals surface area contributed by atoms with E-state index in [9.17, 15) is 0 Å². The average molecular weight is 253 g/mol. The van der Waals surface area contributed by atoms with E-state index < -0.39 is 0 Å². The molecule has 1 N–H and O–H groups in total. The van der Waals surface area contributed by atoms with Crippen molar-refractivity contribution < 1.29 is 0 Å². The third-order valence-electron chi connectivity index (χ3n) is 3.82. The SMILES string of the molecule is Cc1cc(Cl)ncc1NC(C)C1CCCCC1. The van der Waals surface area contributed by atoms with Crippen LogP contribution >= 0.6 is 11.6 Å². The number of halogens is 1. The van der Waals surface area contributed by atoms with Crippen LogP contribution in [0.4, 0.5) is 5.69 Å². The Bertz CT molecular complexity index is 372. The summed E-state index contributed by atoms with van der Waals surface area (Å²) in [5.41, 5.74) is 2.29. The summed E-state index contributed by atoms with van der Waals surface area (Å²) in [6.45, 7) is 4.35. The van der Waals surface area contributed by atoms with E-state index >= 15 is 0 Å². The van der Waals surface area contributed by atoms with Crippen LogP contribution in [0.15, 0.2) is 12.3 Å².